The first-order valence-electron chi connectivity index (χ1n) is 15.4. The van der Waals surface area contributed by atoms with Crippen LogP contribution < -0.4 is 11.1 Å². The van der Waals surface area contributed by atoms with E-state index in [1.165, 1.54) is 15.9 Å². The van der Waals surface area contributed by atoms with Gasteiger partial charge in [-0.2, -0.15) is 0 Å². The van der Waals surface area contributed by atoms with Crippen molar-refractivity contribution in [1.29, 1.82) is 0 Å². The molecule has 0 saturated carbocycles. The molecule has 0 fully saturated rings. The minimum atomic E-state index is -0.874. The first-order chi connectivity index (χ1) is 21.0. The summed E-state index contributed by atoms with van der Waals surface area (Å²) in [7, 11) is 3.23. The number of hydrogen-bond acceptors (Lipinski definition) is 5. The molecule has 0 spiro atoms. The third-order valence-electron chi connectivity index (χ3n) is 8.50. The van der Waals surface area contributed by atoms with Crippen molar-refractivity contribution in [3.05, 3.63) is 96.1 Å². The highest BCUT2D eigenvalue weighted by molar-refractivity contribution is 5.95. The Balaban J connectivity index is 1.95. The highest BCUT2D eigenvalue weighted by atomic mass is 16.3. The molecule has 0 heterocycles. The monoisotopic (exact) mass is 600 g/mol. The van der Waals surface area contributed by atoms with Crippen LogP contribution in [-0.4, -0.2) is 77.0 Å². The number of nitrogens with zero attached hydrogens (tertiary/aromatic N) is 2. The average molecular weight is 601 g/mol. The quantitative estimate of drug-likeness (QED) is 0.226. The number of likely N-dealkylation sites (N-methyl/N-ethyl adjacent to an activating group) is 2. The Bertz CT molecular complexity index is 1420. The van der Waals surface area contributed by atoms with Crippen molar-refractivity contribution >= 4 is 28.5 Å². The van der Waals surface area contributed by atoms with Crippen LogP contribution in [0.5, 0.6) is 0 Å². The maximum atomic E-state index is 14.3. The van der Waals surface area contributed by atoms with Crippen molar-refractivity contribution in [3.63, 3.8) is 0 Å². The summed E-state index contributed by atoms with van der Waals surface area (Å²) in [6.45, 7) is 5.71. The zero-order chi connectivity index (χ0) is 32.3. The Kier molecular flexibility index (Phi) is 12.7. The summed E-state index contributed by atoms with van der Waals surface area (Å²) in [5.74, 6) is -1.04. The molecule has 0 radical (unpaired) electrons. The molecule has 0 aliphatic heterocycles. The highest BCUT2D eigenvalue weighted by Crippen LogP contribution is 2.21. The molecule has 4 N–H and O–H groups in total. The number of amides is 3. The third-order valence-corrected chi connectivity index (χ3v) is 8.50. The van der Waals surface area contributed by atoms with Crippen molar-refractivity contribution < 1.29 is 19.5 Å². The van der Waals surface area contributed by atoms with Crippen LogP contribution in [0.4, 0.5) is 0 Å². The summed E-state index contributed by atoms with van der Waals surface area (Å²) in [5.41, 5.74) is 7.83. The lowest BCUT2D eigenvalue weighted by atomic mass is 9.90. The first kappa shape index (κ1) is 34.5. The van der Waals surface area contributed by atoms with Crippen LogP contribution in [0, 0.1) is 0 Å². The van der Waals surface area contributed by atoms with E-state index in [1.807, 2.05) is 86.6 Å². The standard InChI is InChI=1S/C36H48N4O4/c1-6-36(37,7-2)21-13-18-33(42)39(4)32(24-28-19-20-29-16-11-12-17-30(29)22-28)35(44)40(5)31(34(43)38-25-26(3)41)23-27-14-9-8-10-15-27/h8-20,22,26,31-32,41H,6-7,21,23-25,37H2,1-5H3,(H,38,43)/t26-,31-,32-/m1/s1. The van der Waals surface area contributed by atoms with Gasteiger partial charge in [-0.1, -0.05) is 92.7 Å². The summed E-state index contributed by atoms with van der Waals surface area (Å²) < 4.78 is 0. The third kappa shape index (κ3) is 9.49. The Morgan fingerprint density at radius 1 is 0.864 bits per heavy atom. The van der Waals surface area contributed by atoms with E-state index in [0.717, 1.165) is 34.7 Å². The lowest BCUT2D eigenvalue weighted by Crippen LogP contribution is -2.56. The second kappa shape index (κ2) is 16.2. The predicted molar refractivity (Wildman–Crippen MR) is 177 cm³/mol. The first-order valence-corrected chi connectivity index (χ1v) is 15.4. The summed E-state index contributed by atoms with van der Waals surface area (Å²) in [4.78, 5) is 44.1. The molecule has 3 aromatic rings. The minimum Gasteiger partial charge on any atom is -0.392 e. The van der Waals surface area contributed by atoms with E-state index in [0.29, 0.717) is 6.42 Å². The van der Waals surface area contributed by atoms with E-state index >= 15 is 0 Å². The molecule has 3 aromatic carbocycles. The van der Waals surface area contributed by atoms with Gasteiger partial charge < -0.3 is 26.0 Å². The molecule has 236 valence electrons. The van der Waals surface area contributed by atoms with Crippen molar-refractivity contribution in [2.75, 3.05) is 20.6 Å². The van der Waals surface area contributed by atoms with E-state index < -0.39 is 18.2 Å². The maximum Gasteiger partial charge on any atom is 0.246 e. The molecule has 0 aromatic heterocycles. The zero-order valence-corrected chi connectivity index (χ0v) is 26.7. The van der Waals surface area contributed by atoms with E-state index in [9.17, 15) is 19.5 Å². The van der Waals surface area contributed by atoms with E-state index in [4.69, 9.17) is 5.73 Å². The largest absolute Gasteiger partial charge is 0.392 e. The molecule has 8 nitrogen and oxygen atoms in total. The number of aliphatic hydroxyl groups excluding tert-OH is 1. The van der Waals surface area contributed by atoms with Gasteiger partial charge in [0, 0.05) is 39.0 Å². The molecule has 0 bridgehead atoms. The molecule has 3 rings (SSSR count). The highest BCUT2D eigenvalue weighted by Gasteiger charge is 2.35. The fraction of sp³-hybridized carbons (Fsp3) is 0.417. The molecule has 8 heteroatoms. The van der Waals surface area contributed by atoms with Gasteiger partial charge >= 0.3 is 0 Å². The smallest absolute Gasteiger partial charge is 0.246 e. The molecule has 3 atom stereocenters. The summed E-state index contributed by atoms with van der Waals surface area (Å²) >= 11 is 0. The zero-order valence-electron chi connectivity index (χ0n) is 26.7. The second-order valence-electron chi connectivity index (χ2n) is 11.8. The Morgan fingerprint density at radius 3 is 2.11 bits per heavy atom. The van der Waals surface area contributed by atoms with Gasteiger partial charge in [0.25, 0.3) is 0 Å². The van der Waals surface area contributed by atoms with E-state index in [2.05, 4.69) is 5.32 Å². The molecule has 3 amide bonds. The van der Waals surface area contributed by atoms with Gasteiger partial charge in [0.1, 0.15) is 12.1 Å². The van der Waals surface area contributed by atoms with Gasteiger partial charge in [-0.3, -0.25) is 14.4 Å². The van der Waals surface area contributed by atoms with Gasteiger partial charge in [-0.05, 0) is 54.2 Å². The second-order valence-corrected chi connectivity index (χ2v) is 11.8. The topological polar surface area (TPSA) is 116 Å². The van der Waals surface area contributed by atoms with Crippen LogP contribution >= 0.6 is 0 Å². The Morgan fingerprint density at radius 2 is 1.48 bits per heavy atom. The van der Waals surface area contributed by atoms with Crippen molar-refractivity contribution in [3.8, 4) is 0 Å². The van der Waals surface area contributed by atoms with E-state index in [1.54, 1.807) is 27.1 Å². The van der Waals surface area contributed by atoms with Crippen molar-refractivity contribution in [1.82, 2.24) is 15.1 Å². The molecule has 0 aliphatic carbocycles. The van der Waals surface area contributed by atoms with Gasteiger partial charge in [0.2, 0.25) is 17.7 Å². The van der Waals surface area contributed by atoms with Gasteiger partial charge in [0.15, 0.2) is 0 Å². The van der Waals surface area contributed by atoms with Crippen LogP contribution in [0.1, 0.15) is 51.2 Å². The summed E-state index contributed by atoms with van der Waals surface area (Å²) in [5, 5.41) is 14.7. The number of fused-ring (bicyclic) bond motifs is 1. The van der Waals surface area contributed by atoms with Crippen LogP contribution in [0.2, 0.25) is 0 Å². The number of carbonyl (C=O) groups is 3. The fourth-order valence-corrected chi connectivity index (χ4v) is 5.18. The molecule has 0 unspecified atom stereocenters. The van der Waals surface area contributed by atoms with Crippen LogP contribution in [0.3, 0.4) is 0 Å². The average Bonchev–Trinajstić information content (AvgIpc) is 3.04. The fourth-order valence-electron chi connectivity index (χ4n) is 5.18. The Labute approximate surface area is 261 Å². The summed E-state index contributed by atoms with van der Waals surface area (Å²) in [6, 6.07) is 21.8. The van der Waals surface area contributed by atoms with E-state index in [-0.39, 0.29) is 42.6 Å². The molecule has 0 saturated heterocycles. The number of hydrogen-bond donors (Lipinski definition) is 3. The molecule has 44 heavy (non-hydrogen) atoms. The van der Waals surface area contributed by atoms with Gasteiger partial charge in [0.05, 0.1) is 6.10 Å². The number of rotatable bonds is 15. The predicted octanol–water partition coefficient (Wildman–Crippen LogP) is 4.24. The number of nitrogens with two attached hydrogens (primary N) is 1. The Hall–Kier alpha value is -4.01. The van der Waals surface area contributed by atoms with Crippen molar-refractivity contribution in [2.24, 2.45) is 5.73 Å². The number of benzene rings is 3. The molecule has 0 aliphatic rings. The van der Waals surface area contributed by atoms with Crippen LogP contribution in [-0.2, 0) is 27.2 Å². The SMILES string of the molecule is CCC(N)(CC)CC=CC(=O)N(C)[C@H](Cc1ccc2ccccc2c1)C(=O)N(C)[C@H](Cc1ccccc1)C(=O)NC[C@@H](C)O. The molecular weight excluding hydrogens is 552 g/mol. The normalized spacial score (nSPS) is 13.8. The number of carbonyl (C=O) groups excluding carboxylic acids is 3. The number of aliphatic hydroxyl groups is 1. The van der Waals surface area contributed by atoms with Gasteiger partial charge in [-0.25, -0.2) is 0 Å². The minimum absolute atomic E-state index is 0.0635. The van der Waals surface area contributed by atoms with Crippen LogP contribution in [0.25, 0.3) is 10.8 Å². The lowest BCUT2D eigenvalue weighted by Gasteiger charge is -2.34. The van der Waals surface area contributed by atoms with Gasteiger partial charge in [-0.15, -0.1) is 0 Å². The maximum absolute atomic E-state index is 14.3. The number of nitrogens with one attached hydrogen (secondary N) is 1. The van der Waals surface area contributed by atoms with Crippen LogP contribution in [0.15, 0.2) is 84.9 Å². The van der Waals surface area contributed by atoms with Crippen molar-refractivity contribution in [2.45, 2.75) is 76.6 Å². The summed E-state index contributed by atoms with van der Waals surface area (Å²) in [6.07, 6.45) is 5.20. The lowest BCUT2D eigenvalue weighted by molar-refractivity contribution is -0.146. The molecular formula is C36H48N4O4.